The van der Waals surface area contributed by atoms with Gasteiger partial charge < -0.3 is 19.4 Å². The summed E-state index contributed by atoms with van der Waals surface area (Å²) < 4.78 is 12.7. The van der Waals surface area contributed by atoms with E-state index in [9.17, 15) is 4.79 Å². The molecule has 1 N–H and O–H groups in total. The Morgan fingerprint density at radius 3 is 2.42 bits per heavy atom. The monoisotopic (exact) mass is 533 g/mol. The number of rotatable bonds is 11. The Morgan fingerprint density at radius 2 is 1.65 bits per heavy atom. The summed E-state index contributed by atoms with van der Waals surface area (Å²) >= 11 is 0. The van der Waals surface area contributed by atoms with E-state index in [-0.39, 0.29) is 6.61 Å². The summed E-state index contributed by atoms with van der Waals surface area (Å²) in [4.78, 5) is 16.9. The van der Waals surface area contributed by atoms with Crippen LogP contribution in [0.1, 0.15) is 43.6 Å². The molecule has 0 atom stereocenters. The third-order valence-electron chi connectivity index (χ3n) is 6.87. The largest absolute Gasteiger partial charge is 0.513 e. The number of aryl methyl sites for hydroxylation is 1. The van der Waals surface area contributed by atoms with Gasteiger partial charge in [0.1, 0.15) is 11.6 Å². The molecule has 0 bridgehead atoms. The number of para-hydroxylation sites is 1. The maximum absolute atomic E-state index is 11.9. The minimum Gasteiger partial charge on any atom is -0.434 e. The molecule has 0 aliphatic rings. The third-order valence-corrected chi connectivity index (χ3v) is 6.87. The normalized spacial score (nSPS) is 10.9. The number of nitrogens with one attached hydrogen (secondary N) is 1. The van der Waals surface area contributed by atoms with Crippen LogP contribution in [0.2, 0.25) is 0 Å². The van der Waals surface area contributed by atoms with E-state index in [0.717, 1.165) is 66.0 Å². The highest BCUT2D eigenvalue weighted by molar-refractivity contribution is 5.80. The van der Waals surface area contributed by atoms with Gasteiger partial charge in [0.2, 0.25) is 0 Å². The Balaban J connectivity index is 1.40. The molecule has 40 heavy (non-hydrogen) atoms. The van der Waals surface area contributed by atoms with Gasteiger partial charge in [0, 0.05) is 30.8 Å². The zero-order valence-electron chi connectivity index (χ0n) is 23.1. The number of benzene rings is 4. The fourth-order valence-electron chi connectivity index (χ4n) is 4.79. The summed E-state index contributed by atoms with van der Waals surface area (Å²) in [7, 11) is 0. The number of anilines is 1. The first kappa shape index (κ1) is 27.0. The van der Waals surface area contributed by atoms with E-state index in [4.69, 9.17) is 14.5 Å². The first-order valence-electron chi connectivity index (χ1n) is 13.9. The number of nitrogens with zero attached hydrogens (tertiary/aromatic N) is 2. The molecule has 0 fully saturated rings. The van der Waals surface area contributed by atoms with E-state index in [1.807, 2.05) is 24.3 Å². The van der Waals surface area contributed by atoms with Gasteiger partial charge in [-0.1, -0.05) is 86.1 Å². The SMILES string of the molecule is CCCCc1nc2ccc(NCc3ccccc3)cc2n1Cc1ccc(-c2ccccc2OC(=O)OCC)cc1. The van der Waals surface area contributed by atoms with Crippen molar-refractivity contribution in [3.63, 3.8) is 0 Å². The second-order valence-corrected chi connectivity index (χ2v) is 9.74. The first-order chi connectivity index (χ1) is 19.6. The molecule has 1 aromatic heterocycles. The molecule has 1 heterocycles. The Kier molecular flexibility index (Phi) is 8.76. The minimum atomic E-state index is -0.698. The van der Waals surface area contributed by atoms with Crippen molar-refractivity contribution in [3.05, 3.63) is 114 Å². The van der Waals surface area contributed by atoms with Gasteiger partial charge in [-0.15, -0.1) is 0 Å². The van der Waals surface area contributed by atoms with Crippen molar-refractivity contribution in [1.29, 1.82) is 0 Å². The molecule has 6 heteroatoms. The second-order valence-electron chi connectivity index (χ2n) is 9.74. The van der Waals surface area contributed by atoms with E-state index in [0.29, 0.717) is 5.75 Å². The summed E-state index contributed by atoms with van der Waals surface area (Å²) in [5, 5.41) is 3.56. The molecule has 6 nitrogen and oxygen atoms in total. The number of imidazole rings is 1. The van der Waals surface area contributed by atoms with Crippen LogP contribution in [-0.4, -0.2) is 22.3 Å². The van der Waals surface area contributed by atoms with Gasteiger partial charge in [0.15, 0.2) is 0 Å². The molecular formula is C34H35N3O3. The molecule has 0 unspecified atom stereocenters. The third kappa shape index (κ3) is 6.52. The number of aromatic nitrogens is 2. The molecule has 5 aromatic rings. The summed E-state index contributed by atoms with van der Waals surface area (Å²) in [5.74, 6) is 1.58. The van der Waals surface area contributed by atoms with Crippen LogP contribution in [0.25, 0.3) is 22.2 Å². The number of carbonyl (C=O) groups is 1. The van der Waals surface area contributed by atoms with Crippen molar-refractivity contribution < 1.29 is 14.3 Å². The summed E-state index contributed by atoms with van der Waals surface area (Å²) in [6, 6.07) is 32.7. The smallest absolute Gasteiger partial charge is 0.434 e. The summed E-state index contributed by atoms with van der Waals surface area (Å²) in [6.45, 7) is 5.72. The zero-order valence-corrected chi connectivity index (χ0v) is 23.1. The van der Waals surface area contributed by atoms with Crippen LogP contribution in [0.4, 0.5) is 10.5 Å². The molecular weight excluding hydrogens is 498 g/mol. The van der Waals surface area contributed by atoms with Gasteiger partial charge in [-0.3, -0.25) is 0 Å². The average Bonchev–Trinajstić information content (AvgIpc) is 3.32. The predicted octanol–water partition coefficient (Wildman–Crippen LogP) is 8.24. The number of carbonyl (C=O) groups excluding carboxylic acids is 1. The van der Waals surface area contributed by atoms with Crippen LogP contribution >= 0.6 is 0 Å². The minimum absolute atomic E-state index is 0.267. The molecule has 0 aliphatic carbocycles. The summed E-state index contributed by atoms with van der Waals surface area (Å²) in [5.41, 5.74) is 7.44. The molecule has 0 saturated carbocycles. The highest BCUT2D eigenvalue weighted by Gasteiger charge is 2.14. The molecule has 5 rings (SSSR count). The van der Waals surface area contributed by atoms with Gasteiger partial charge in [-0.2, -0.15) is 0 Å². The quantitative estimate of drug-likeness (QED) is 0.137. The maximum Gasteiger partial charge on any atom is 0.513 e. The molecule has 0 spiro atoms. The lowest BCUT2D eigenvalue weighted by Crippen LogP contribution is -2.10. The Bertz CT molecular complexity index is 1560. The van der Waals surface area contributed by atoms with Crippen molar-refractivity contribution in [2.24, 2.45) is 0 Å². The van der Waals surface area contributed by atoms with Crippen LogP contribution < -0.4 is 10.1 Å². The Hall–Kier alpha value is -4.58. The number of fused-ring (bicyclic) bond motifs is 1. The molecule has 0 aliphatic heterocycles. The van der Waals surface area contributed by atoms with Crippen molar-refractivity contribution in [3.8, 4) is 16.9 Å². The van der Waals surface area contributed by atoms with Gasteiger partial charge in [0.05, 0.1) is 17.6 Å². The molecule has 0 radical (unpaired) electrons. The van der Waals surface area contributed by atoms with Crippen molar-refractivity contribution in [2.45, 2.75) is 46.2 Å². The average molecular weight is 534 g/mol. The van der Waals surface area contributed by atoms with E-state index in [2.05, 4.69) is 83.5 Å². The molecule has 204 valence electrons. The number of hydrogen-bond acceptors (Lipinski definition) is 5. The second kappa shape index (κ2) is 13.0. The van der Waals surface area contributed by atoms with E-state index in [1.165, 1.54) is 11.1 Å². The van der Waals surface area contributed by atoms with Crippen LogP contribution in [0, 0.1) is 0 Å². The van der Waals surface area contributed by atoms with Gasteiger partial charge in [-0.05, 0) is 54.3 Å². The summed E-state index contributed by atoms with van der Waals surface area (Å²) in [6.07, 6.45) is 2.46. The van der Waals surface area contributed by atoms with Crippen molar-refractivity contribution >= 4 is 22.9 Å². The maximum atomic E-state index is 11.9. The molecule has 4 aromatic carbocycles. The lowest BCUT2D eigenvalue weighted by molar-refractivity contribution is 0.104. The number of ether oxygens (including phenoxy) is 2. The van der Waals surface area contributed by atoms with Gasteiger partial charge >= 0.3 is 6.16 Å². The van der Waals surface area contributed by atoms with Crippen molar-refractivity contribution in [2.75, 3.05) is 11.9 Å². The van der Waals surface area contributed by atoms with Gasteiger partial charge in [0.25, 0.3) is 0 Å². The highest BCUT2D eigenvalue weighted by Crippen LogP contribution is 2.31. The number of hydrogen-bond donors (Lipinski definition) is 1. The Morgan fingerprint density at radius 1 is 0.875 bits per heavy atom. The van der Waals surface area contributed by atoms with Gasteiger partial charge in [-0.25, -0.2) is 9.78 Å². The lowest BCUT2D eigenvalue weighted by Gasteiger charge is -2.13. The molecule has 0 saturated heterocycles. The highest BCUT2D eigenvalue weighted by atomic mass is 16.7. The predicted molar refractivity (Wildman–Crippen MR) is 161 cm³/mol. The number of unbranched alkanes of at least 4 members (excludes halogenated alkanes) is 1. The van der Waals surface area contributed by atoms with Crippen LogP contribution in [0.3, 0.4) is 0 Å². The molecule has 0 amide bonds. The van der Waals surface area contributed by atoms with E-state index >= 15 is 0 Å². The fraction of sp³-hybridized carbons (Fsp3) is 0.235. The van der Waals surface area contributed by atoms with Crippen LogP contribution in [-0.2, 0) is 24.2 Å². The first-order valence-corrected chi connectivity index (χ1v) is 13.9. The Labute approximate surface area is 235 Å². The van der Waals surface area contributed by atoms with E-state index in [1.54, 1.807) is 13.0 Å². The van der Waals surface area contributed by atoms with Crippen molar-refractivity contribution in [1.82, 2.24) is 9.55 Å². The zero-order chi connectivity index (χ0) is 27.7. The fourth-order valence-corrected chi connectivity index (χ4v) is 4.79. The lowest BCUT2D eigenvalue weighted by atomic mass is 10.0. The standard InChI is InChI=1S/C34H35N3O3/c1-3-5-15-33-36-30-21-20-28(35-23-25-11-7-6-8-12-25)22-31(30)37(33)24-26-16-18-27(19-17-26)29-13-9-10-14-32(29)40-34(38)39-4-2/h6-14,16-22,35H,3-5,15,23-24H2,1-2H3. The van der Waals surface area contributed by atoms with Crippen LogP contribution in [0.15, 0.2) is 97.1 Å². The topological polar surface area (TPSA) is 65.4 Å². The van der Waals surface area contributed by atoms with E-state index < -0.39 is 6.16 Å². The van der Waals surface area contributed by atoms with Crippen LogP contribution in [0.5, 0.6) is 5.75 Å².